The van der Waals surface area contributed by atoms with Gasteiger partial charge in [-0.05, 0) is 6.42 Å². The molecule has 0 spiro atoms. The lowest BCUT2D eigenvalue weighted by atomic mass is 10.1. The number of carbonyl (C=O) groups is 2. The summed E-state index contributed by atoms with van der Waals surface area (Å²) in [6.07, 6.45) is -1.01. The molecule has 0 unspecified atom stereocenters. The highest BCUT2D eigenvalue weighted by atomic mass is 16.6. The molecule has 0 saturated carbocycles. The van der Waals surface area contributed by atoms with E-state index in [0.29, 0.717) is 6.42 Å². The first-order valence-electron chi connectivity index (χ1n) is 6.77. The van der Waals surface area contributed by atoms with Crippen molar-refractivity contribution in [2.75, 3.05) is 0 Å². The van der Waals surface area contributed by atoms with Gasteiger partial charge in [-0.3, -0.25) is 9.59 Å². The zero-order valence-corrected chi connectivity index (χ0v) is 12.4. The second-order valence-electron chi connectivity index (χ2n) is 4.78. The summed E-state index contributed by atoms with van der Waals surface area (Å²) < 4.78 is 17.6. The second kappa shape index (κ2) is 6.53. The zero-order chi connectivity index (χ0) is 16.3. The minimum Gasteiger partial charge on any atom is -0.456 e. The van der Waals surface area contributed by atoms with Crippen LogP contribution >= 0.6 is 0 Å². The normalized spacial score (nSPS) is 27.2. The van der Waals surface area contributed by atoms with Crippen molar-refractivity contribution in [2.45, 2.75) is 51.7 Å². The van der Waals surface area contributed by atoms with Crippen LogP contribution in [0.15, 0.2) is 6.33 Å². The first-order valence-corrected chi connectivity index (χ1v) is 6.77. The summed E-state index contributed by atoms with van der Waals surface area (Å²) in [7, 11) is 0. The van der Waals surface area contributed by atoms with Gasteiger partial charge in [0.1, 0.15) is 18.5 Å². The fourth-order valence-corrected chi connectivity index (χ4v) is 2.35. The Labute approximate surface area is 126 Å². The maximum absolute atomic E-state index is 11.3. The number of nitrogens with zero attached hydrogens (tertiary/aromatic N) is 4. The van der Waals surface area contributed by atoms with Crippen molar-refractivity contribution in [1.82, 2.24) is 14.8 Å². The Morgan fingerprint density at radius 2 is 2.00 bits per heavy atom. The highest BCUT2D eigenvalue weighted by Gasteiger charge is 2.49. The molecule has 2 heterocycles. The van der Waals surface area contributed by atoms with Crippen molar-refractivity contribution in [3.05, 3.63) is 12.2 Å². The number of carbonyl (C=O) groups excluding carboxylic acids is 2. The Morgan fingerprint density at radius 1 is 1.36 bits per heavy atom. The fourth-order valence-electron chi connectivity index (χ4n) is 2.35. The molecule has 1 saturated heterocycles. The van der Waals surface area contributed by atoms with Crippen LogP contribution in [-0.4, -0.2) is 45.0 Å². The van der Waals surface area contributed by atoms with Crippen LogP contribution in [0.4, 0.5) is 0 Å². The maximum Gasteiger partial charge on any atom is 0.303 e. The van der Waals surface area contributed by atoms with Crippen molar-refractivity contribution < 1.29 is 23.8 Å². The molecule has 4 atom stereocenters. The Hall–Kier alpha value is -2.47. The summed E-state index contributed by atoms with van der Waals surface area (Å²) in [5.74, 6) is -1.07. The molecule has 9 heteroatoms. The number of hydrogen-bond donors (Lipinski definition) is 0. The number of aromatic nitrogens is 3. The van der Waals surface area contributed by atoms with Gasteiger partial charge in [-0.2, -0.15) is 5.26 Å². The van der Waals surface area contributed by atoms with Gasteiger partial charge in [-0.1, -0.05) is 6.92 Å². The summed E-state index contributed by atoms with van der Waals surface area (Å²) in [6, 6.07) is 1.80. The summed E-state index contributed by atoms with van der Waals surface area (Å²) in [4.78, 5) is 26.4. The molecule has 0 bridgehead atoms. The van der Waals surface area contributed by atoms with E-state index in [9.17, 15) is 9.59 Å². The van der Waals surface area contributed by atoms with Crippen LogP contribution in [0.25, 0.3) is 0 Å². The van der Waals surface area contributed by atoms with Crippen LogP contribution in [0.3, 0.4) is 0 Å². The molecule has 0 aliphatic carbocycles. The third-order valence-electron chi connectivity index (χ3n) is 3.16. The van der Waals surface area contributed by atoms with Gasteiger partial charge in [0, 0.05) is 13.8 Å². The monoisotopic (exact) mass is 308 g/mol. The van der Waals surface area contributed by atoms with Crippen LogP contribution in [0, 0.1) is 11.3 Å². The van der Waals surface area contributed by atoms with Crippen LogP contribution in [0.5, 0.6) is 0 Å². The van der Waals surface area contributed by atoms with Gasteiger partial charge >= 0.3 is 11.9 Å². The van der Waals surface area contributed by atoms with Gasteiger partial charge in [0.05, 0.1) is 0 Å². The minimum atomic E-state index is -0.861. The quantitative estimate of drug-likeness (QED) is 0.730. The lowest BCUT2D eigenvalue weighted by Crippen LogP contribution is -2.38. The van der Waals surface area contributed by atoms with E-state index in [4.69, 9.17) is 19.5 Å². The number of hydrogen-bond acceptors (Lipinski definition) is 8. The molecule has 0 aromatic carbocycles. The van der Waals surface area contributed by atoms with Crippen molar-refractivity contribution >= 4 is 11.9 Å². The van der Waals surface area contributed by atoms with Crippen molar-refractivity contribution in [3.63, 3.8) is 0 Å². The summed E-state index contributed by atoms with van der Waals surface area (Å²) >= 11 is 0. The maximum atomic E-state index is 11.3. The lowest BCUT2D eigenvalue weighted by molar-refractivity contribution is -0.165. The van der Waals surface area contributed by atoms with E-state index in [1.807, 2.05) is 6.92 Å². The van der Waals surface area contributed by atoms with Gasteiger partial charge < -0.3 is 14.2 Å². The third-order valence-corrected chi connectivity index (χ3v) is 3.16. The molecule has 9 nitrogen and oxygen atoms in total. The third kappa shape index (κ3) is 3.23. The van der Waals surface area contributed by atoms with E-state index in [2.05, 4.69) is 10.1 Å². The number of esters is 2. The average molecular weight is 308 g/mol. The van der Waals surface area contributed by atoms with Crippen molar-refractivity contribution in [3.8, 4) is 6.07 Å². The Balaban J connectivity index is 2.32. The Morgan fingerprint density at radius 3 is 2.50 bits per heavy atom. The Kier molecular flexibility index (Phi) is 4.72. The van der Waals surface area contributed by atoms with Crippen LogP contribution < -0.4 is 0 Å². The molecule has 2 rings (SSSR count). The fraction of sp³-hybridized carbons (Fsp3) is 0.615. The van der Waals surface area contributed by atoms with E-state index in [1.165, 1.54) is 24.9 Å². The van der Waals surface area contributed by atoms with E-state index in [1.54, 1.807) is 6.07 Å². The van der Waals surface area contributed by atoms with Crippen molar-refractivity contribution in [1.29, 1.82) is 5.26 Å². The molecule has 0 radical (unpaired) electrons. The summed E-state index contributed by atoms with van der Waals surface area (Å²) in [5, 5.41) is 12.7. The van der Waals surface area contributed by atoms with E-state index >= 15 is 0 Å². The van der Waals surface area contributed by atoms with Gasteiger partial charge in [-0.25, -0.2) is 9.67 Å². The van der Waals surface area contributed by atoms with Crippen LogP contribution in [0.2, 0.25) is 0 Å². The topological polar surface area (TPSA) is 116 Å². The summed E-state index contributed by atoms with van der Waals surface area (Å²) in [5.41, 5.74) is 0. The molecule has 1 fully saturated rings. The largest absolute Gasteiger partial charge is 0.456 e. The van der Waals surface area contributed by atoms with Crippen LogP contribution in [-0.2, 0) is 23.8 Å². The summed E-state index contributed by atoms with van der Waals surface area (Å²) in [6.45, 7) is 4.38. The molecular formula is C13H16N4O5. The van der Waals surface area contributed by atoms with Crippen LogP contribution in [0.1, 0.15) is 39.2 Å². The SMILES string of the molecule is CC[C@H]1O[C@@H](n2cnc(C#N)n2)[C@H](OC(C)=O)[C@@H]1OC(C)=O. The zero-order valence-electron chi connectivity index (χ0n) is 12.4. The predicted molar refractivity (Wildman–Crippen MR) is 70.0 cm³/mol. The number of rotatable bonds is 4. The van der Waals surface area contributed by atoms with Gasteiger partial charge in [0.2, 0.25) is 0 Å². The van der Waals surface area contributed by atoms with E-state index in [0.717, 1.165) is 0 Å². The molecule has 1 aromatic heterocycles. The molecule has 0 amide bonds. The molecule has 118 valence electrons. The van der Waals surface area contributed by atoms with Gasteiger partial charge in [0.25, 0.3) is 5.82 Å². The predicted octanol–water partition coefficient (Wildman–Crippen LogP) is 0.321. The highest BCUT2D eigenvalue weighted by Crippen LogP contribution is 2.34. The van der Waals surface area contributed by atoms with Gasteiger partial charge in [-0.15, -0.1) is 5.10 Å². The number of ether oxygens (including phenoxy) is 3. The molecule has 1 aromatic rings. The Bertz CT molecular complexity index is 608. The first-order chi connectivity index (χ1) is 10.5. The highest BCUT2D eigenvalue weighted by molar-refractivity contribution is 5.67. The second-order valence-corrected chi connectivity index (χ2v) is 4.78. The van der Waals surface area contributed by atoms with E-state index in [-0.39, 0.29) is 5.82 Å². The smallest absolute Gasteiger partial charge is 0.303 e. The lowest BCUT2D eigenvalue weighted by Gasteiger charge is -2.22. The standard InChI is InChI=1S/C13H16N4O5/c1-4-9-11(20-7(2)18)12(21-8(3)19)13(22-9)17-6-15-10(5-14)16-17/h6,9,11-13H,4H2,1-3H3/t9-,11-,12-,13-/m1/s1. The van der Waals surface area contributed by atoms with E-state index < -0.39 is 36.5 Å². The van der Waals surface area contributed by atoms with Gasteiger partial charge in [0.15, 0.2) is 18.4 Å². The molecule has 1 aliphatic rings. The number of nitriles is 1. The first kappa shape index (κ1) is 15.9. The van der Waals surface area contributed by atoms with Crippen molar-refractivity contribution in [2.24, 2.45) is 0 Å². The molecule has 0 N–H and O–H groups in total. The molecule has 1 aliphatic heterocycles. The molecular weight excluding hydrogens is 292 g/mol. The average Bonchev–Trinajstić information content (AvgIpc) is 3.03. The molecule has 22 heavy (non-hydrogen) atoms. The minimum absolute atomic E-state index is 0.0332.